The normalized spacial score (nSPS) is 49.3. The Balaban J connectivity index is 1.60. The van der Waals surface area contributed by atoms with Crippen molar-refractivity contribution >= 4 is 0 Å². The number of nitrogens with zero attached hydrogens (tertiary/aromatic N) is 1. The number of likely N-dealkylation sites (tertiary alicyclic amines) is 1. The number of fused-ring (bicyclic) bond motifs is 1. The van der Waals surface area contributed by atoms with Crippen molar-refractivity contribution in [1.82, 2.24) is 10.2 Å². The van der Waals surface area contributed by atoms with Crippen LogP contribution in [0.15, 0.2) is 0 Å². The van der Waals surface area contributed by atoms with Gasteiger partial charge in [-0.2, -0.15) is 0 Å². The molecule has 3 rings (SSSR count). The van der Waals surface area contributed by atoms with Crippen LogP contribution in [0.1, 0.15) is 20.3 Å². The van der Waals surface area contributed by atoms with E-state index < -0.39 is 0 Å². The number of hydrogen-bond acceptors (Lipinski definition) is 2. The summed E-state index contributed by atoms with van der Waals surface area (Å²) in [5.74, 6) is 3.95. The van der Waals surface area contributed by atoms with Crippen LogP contribution in [0.25, 0.3) is 0 Å². The van der Waals surface area contributed by atoms with E-state index in [2.05, 4.69) is 24.1 Å². The maximum Gasteiger partial charge on any atom is 0.00980 e. The fourth-order valence-electron chi connectivity index (χ4n) is 3.52. The van der Waals surface area contributed by atoms with Gasteiger partial charge in [-0.15, -0.1) is 0 Å². The summed E-state index contributed by atoms with van der Waals surface area (Å²) in [4.78, 5) is 2.75. The molecule has 0 aromatic carbocycles. The van der Waals surface area contributed by atoms with Crippen molar-refractivity contribution in [3.63, 3.8) is 0 Å². The van der Waals surface area contributed by atoms with E-state index in [-0.39, 0.29) is 0 Å². The summed E-state index contributed by atoms with van der Waals surface area (Å²) in [6.07, 6.45) is 1.48. The van der Waals surface area contributed by atoms with E-state index in [1.165, 1.54) is 32.6 Å². The topological polar surface area (TPSA) is 15.3 Å². The van der Waals surface area contributed by atoms with Gasteiger partial charge in [0, 0.05) is 19.1 Å². The molecule has 3 fully saturated rings. The first-order valence-corrected chi connectivity index (χ1v) is 6.20. The van der Waals surface area contributed by atoms with Crippen LogP contribution in [0.4, 0.5) is 0 Å². The first kappa shape index (κ1) is 9.17. The summed E-state index contributed by atoms with van der Waals surface area (Å²) >= 11 is 0. The van der Waals surface area contributed by atoms with Crippen molar-refractivity contribution in [3.8, 4) is 0 Å². The highest BCUT2D eigenvalue weighted by Gasteiger charge is 2.44. The molecule has 0 radical (unpaired) electrons. The third-order valence-electron chi connectivity index (χ3n) is 4.79. The summed E-state index contributed by atoms with van der Waals surface area (Å²) < 4.78 is 0. The second-order valence-electron chi connectivity index (χ2n) is 5.75. The number of hydrogen-bond donors (Lipinski definition) is 1. The van der Waals surface area contributed by atoms with E-state index in [1.54, 1.807) is 0 Å². The predicted molar refractivity (Wildman–Crippen MR) is 58.2 cm³/mol. The molecule has 5 unspecified atom stereocenters. The maximum atomic E-state index is 3.51. The Morgan fingerprint density at radius 2 is 1.79 bits per heavy atom. The minimum atomic E-state index is 0.857. The predicted octanol–water partition coefficient (Wildman–Crippen LogP) is 1.18. The molecule has 5 atom stereocenters. The highest BCUT2D eigenvalue weighted by atomic mass is 15.2. The second kappa shape index (κ2) is 3.21. The van der Waals surface area contributed by atoms with E-state index in [9.17, 15) is 0 Å². The van der Waals surface area contributed by atoms with Gasteiger partial charge < -0.3 is 5.32 Å². The molecule has 14 heavy (non-hydrogen) atoms. The van der Waals surface area contributed by atoms with Gasteiger partial charge in [0.2, 0.25) is 0 Å². The van der Waals surface area contributed by atoms with Crippen molar-refractivity contribution in [2.45, 2.75) is 26.3 Å². The van der Waals surface area contributed by atoms with Crippen LogP contribution < -0.4 is 5.32 Å². The second-order valence-corrected chi connectivity index (χ2v) is 5.75. The molecule has 2 aliphatic heterocycles. The smallest absolute Gasteiger partial charge is 0.00980 e. The zero-order chi connectivity index (χ0) is 9.71. The van der Waals surface area contributed by atoms with Crippen LogP contribution in [0.3, 0.4) is 0 Å². The van der Waals surface area contributed by atoms with E-state index in [4.69, 9.17) is 0 Å². The van der Waals surface area contributed by atoms with Gasteiger partial charge in [0.1, 0.15) is 0 Å². The lowest BCUT2D eigenvalue weighted by Gasteiger charge is -2.25. The highest BCUT2D eigenvalue weighted by Crippen LogP contribution is 2.44. The van der Waals surface area contributed by atoms with Gasteiger partial charge in [-0.05, 0) is 50.1 Å². The lowest BCUT2D eigenvalue weighted by molar-refractivity contribution is 0.214. The minimum absolute atomic E-state index is 0.857. The summed E-state index contributed by atoms with van der Waals surface area (Å²) in [5, 5.41) is 3.51. The van der Waals surface area contributed by atoms with Crippen LogP contribution in [0.2, 0.25) is 0 Å². The molecule has 0 spiro atoms. The van der Waals surface area contributed by atoms with Crippen molar-refractivity contribution in [1.29, 1.82) is 0 Å². The van der Waals surface area contributed by atoms with E-state index in [0.717, 1.165) is 29.7 Å². The Morgan fingerprint density at radius 1 is 1.21 bits per heavy atom. The lowest BCUT2D eigenvalue weighted by Crippen LogP contribution is -2.35. The fraction of sp³-hybridized carbons (Fsp3) is 1.00. The zero-order valence-electron chi connectivity index (χ0n) is 9.37. The van der Waals surface area contributed by atoms with Gasteiger partial charge >= 0.3 is 0 Å². The average molecular weight is 194 g/mol. The first-order chi connectivity index (χ1) is 6.75. The van der Waals surface area contributed by atoms with Crippen molar-refractivity contribution in [2.24, 2.45) is 23.7 Å². The van der Waals surface area contributed by atoms with Crippen molar-refractivity contribution < 1.29 is 0 Å². The van der Waals surface area contributed by atoms with Crippen LogP contribution in [0, 0.1) is 23.7 Å². The molecule has 1 aliphatic carbocycles. The van der Waals surface area contributed by atoms with Gasteiger partial charge in [0.25, 0.3) is 0 Å². The third kappa shape index (κ3) is 1.40. The molecular weight excluding hydrogens is 172 g/mol. The van der Waals surface area contributed by atoms with E-state index in [1.807, 2.05) is 0 Å². The molecule has 0 amide bonds. The average Bonchev–Trinajstić information content (AvgIpc) is 2.62. The lowest BCUT2D eigenvalue weighted by atomic mass is 10.0. The molecule has 2 nitrogen and oxygen atoms in total. The third-order valence-corrected chi connectivity index (χ3v) is 4.79. The molecule has 2 heteroatoms. The Labute approximate surface area is 87.0 Å². The van der Waals surface area contributed by atoms with Crippen LogP contribution in [-0.2, 0) is 0 Å². The Kier molecular flexibility index (Phi) is 2.10. The molecule has 0 aromatic heterocycles. The Hall–Kier alpha value is -0.0800. The maximum absolute atomic E-state index is 3.51. The van der Waals surface area contributed by atoms with E-state index >= 15 is 0 Å². The molecule has 1 saturated carbocycles. The minimum Gasteiger partial charge on any atom is -0.316 e. The Morgan fingerprint density at radius 3 is 2.29 bits per heavy atom. The molecule has 0 bridgehead atoms. The molecule has 0 aromatic rings. The summed E-state index contributed by atoms with van der Waals surface area (Å²) in [6.45, 7) is 10.1. The molecule has 1 N–H and O–H groups in total. The largest absolute Gasteiger partial charge is 0.316 e. The summed E-state index contributed by atoms with van der Waals surface area (Å²) in [5.41, 5.74) is 0. The summed E-state index contributed by atoms with van der Waals surface area (Å²) in [6, 6.07) is 0.857. The van der Waals surface area contributed by atoms with Gasteiger partial charge in [0.05, 0.1) is 0 Å². The van der Waals surface area contributed by atoms with Crippen LogP contribution >= 0.6 is 0 Å². The van der Waals surface area contributed by atoms with Gasteiger partial charge in [0.15, 0.2) is 0 Å². The van der Waals surface area contributed by atoms with Crippen LogP contribution in [0.5, 0.6) is 0 Å². The molecule has 3 aliphatic rings. The standard InChI is InChI=1S/C12H22N2/c1-8-3-12(8)9(2)14-6-10-4-13-5-11(10)7-14/h8-13H,3-7H2,1-2H3. The fourth-order valence-corrected chi connectivity index (χ4v) is 3.52. The monoisotopic (exact) mass is 194 g/mol. The molecule has 80 valence electrons. The van der Waals surface area contributed by atoms with Gasteiger partial charge in [-0.1, -0.05) is 6.92 Å². The SMILES string of the molecule is CC1CC1C(C)N1CC2CNCC2C1. The molecule has 2 saturated heterocycles. The molecular formula is C12H22N2. The first-order valence-electron chi connectivity index (χ1n) is 6.20. The van der Waals surface area contributed by atoms with Gasteiger partial charge in [-0.25, -0.2) is 0 Å². The highest BCUT2D eigenvalue weighted by molar-refractivity contribution is 4.98. The number of rotatable bonds is 2. The van der Waals surface area contributed by atoms with Gasteiger partial charge in [-0.3, -0.25) is 4.90 Å². The van der Waals surface area contributed by atoms with Crippen molar-refractivity contribution in [3.05, 3.63) is 0 Å². The molecule has 2 heterocycles. The van der Waals surface area contributed by atoms with Crippen LogP contribution in [-0.4, -0.2) is 37.1 Å². The zero-order valence-corrected chi connectivity index (χ0v) is 9.37. The quantitative estimate of drug-likeness (QED) is 0.710. The van der Waals surface area contributed by atoms with E-state index in [0.29, 0.717) is 0 Å². The summed E-state index contributed by atoms with van der Waals surface area (Å²) in [7, 11) is 0. The Bertz CT molecular complexity index is 216. The number of nitrogens with one attached hydrogen (secondary N) is 1. The van der Waals surface area contributed by atoms with Crippen molar-refractivity contribution in [2.75, 3.05) is 26.2 Å².